The van der Waals surface area contributed by atoms with Gasteiger partial charge in [0.25, 0.3) is 0 Å². The second kappa shape index (κ2) is 3.63. The monoisotopic (exact) mass is 193 g/mol. The molecule has 1 saturated carbocycles. The van der Waals surface area contributed by atoms with E-state index in [1.807, 2.05) is 6.07 Å². The smallest absolute Gasteiger partial charge is 0.131 e. The summed E-state index contributed by atoms with van der Waals surface area (Å²) in [6, 6.07) is 1.81. The van der Waals surface area contributed by atoms with Gasteiger partial charge in [0.1, 0.15) is 11.5 Å². The molecule has 1 fully saturated rings. The van der Waals surface area contributed by atoms with Crippen molar-refractivity contribution in [2.24, 2.45) is 5.73 Å². The van der Waals surface area contributed by atoms with Crippen LogP contribution in [-0.4, -0.2) is 20.8 Å². The van der Waals surface area contributed by atoms with E-state index in [-0.39, 0.29) is 0 Å². The van der Waals surface area contributed by atoms with Crippen molar-refractivity contribution in [3.05, 3.63) is 24.3 Å². The van der Waals surface area contributed by atoms with Crippen LogP contribution in [0.3, 0.4) is 0 Å². The molecule has 0 bridgehead atoms. The number of hydrogen-bond donors (Lipinski definition) is 2. The molecule has 14 heavy (non-hydrogen) atoms. The lowest BCUT2D eigenvalue weighted by molar-refractivity contribution is 0.00453. The molecule has 4 nitrogen and oxygen atoms in total. The predicted octanol–water partition coefficient (Wildman–Crippen LogP) is 0.781. The van der Waals surface area contributed by atoms with Gasteiger partial charge in [-0.1, -0.05) is 0 Å². The largest absolute Gasteiger partial charge is 0.376 e. The standard InChI is InChI=1S/C10H15N3O/c11-10(14)4-2-8(3-5-10)9-12-6-1-7-13-9/h1,6-8,14H,2-5,11H2. The molecule has 2 rings (SSSR count). The lowest BCUT2D eigenvalue weighted by atomic mass is 9.83. The molecule has 1 aromatic rings. The first kappa shape index (κ1) is 9.55. The van der Waals surface area contributed by atoms with Gasteiger partial charge in [0.05, 0.1) is 0 Å². The Hall–Kier alpha value is -1.00. The molecule has 3 N–H and O–H groups in total. The maximum absolute atomic E-state index is 9.58. The molecule has 0 aromatic carbocycles. The summed E-state index contributed by atoms with van der Waals surface area (Å²) in [5, 5.41) is 9.58. The summed E-state index contributed by atoms with van der Waals surface area (Å²) < 4.78 is 0. The summed E-state index contributed by atoms with van der Waals surface area (Å²) in [5.41, 5.74) is 4.67. The van der Waals surface area contributed by atoms with Gasteiger partial charge < -0.3 is 10.8 Å². The first-order valence-electron chi connectivity index (χ1n) is 4.95. The Morgan fingerprint density at radius 2 is 1.86 bits per heavy atom. The van der Waals surface area contributed by atoms with Crippen LogP contribution in [-0.2, 0) is 0 Å². The zero-order chi connectivity index (χ0) is 10.0. The average Bonchev–Trinajstić information content (AvgIpc) is 2.19. The Bertz CT molecular complexity index is 289. The van der Waals surface area contributed by atoms with Crippen molar-refractivity contribution in [1.29, 1.82) is 0 Å². The van der Waals surface area contributed by atoms with E-state index >= 15 is 0 Å². The molecule has 0 amide bonds. The third kappa shape index (κ3) is 2.08. The average molecular weight is 193 g/mol. The van der Waals surface area contributed by atoms with E-state index in [9.17, 15) is 5.11 Å². The van der Waals surface area contributed by atoms with E-state index in [4.69, 9.17) is 5.73 Å². The molecule has 1 aromatic heterocycles. The molecule has 76 valence electrons. The molecule has 0 saturated heterocycles. The topological polar surface area (TPSA) is 72.0 Å². The number of nitrogens with zero attached hydrogens (tertiary/aromatic N) is 2. The number of aromatic nitrogens is 2. The van der Waals surface area contributed by atoms with Crippen molar-refractivity contribution in [3.63, 3.8) is 0 Å². The highest BCUT2D eigenvalue weighted by atomic mass is 16.3. The molecule has 0 radical (unpaired) electrons. The van der Waals surface area contributed by atoms with E-state index in [0.717, 1.165) is 18.7 Å². The van der Waals surface area contributed by atoms with E-state index in [2.05, 4.69) is 9.97 Å². The minimum absolute atomic E-state index is 0.361. The van der Waals surface area contributed by atoms with Crippen LogP contribution in [0.1, 0.15) is 37.4 Å². The van der Waals surface area contributed by atoms with Crippen molar-refractivity contribution in [3.8, 4) is 0 Å². The van der Waals surface area contributed by atoms with E-state index in [1.54, 1.807) is 12.4 Å². The first-order valence-corrected chi connectivity index (χ1v) is 4.95. The number of aliphatic hydroxyl groups is 1. The van der Waals surface area contributed by atoms with Gasteiger partial charge in [-0.15, -0.1) is 0 Å². The van der Waals surface area contributed by atoms with Gasteiger partial charge in [0.2, 0.25) is 0 Å². The predicted molar refractivity (Wildman–Crippen MR) is 52.4 cm³/mol. The second-order valence-electron chi connectivity index (χ2n) is 3.98. The molecule has 0 atom stereocenters. The van der Waals surface area contributed by atoms with Crippen molar-refractivity contribution in [1.82, 2.24) is 9.97 Å². The van der Waals surface area contributed by atoms with Crippen LogP contribution in [0.25, 0.3) is 0 Å². The zero-order valence-corrected chi connectivity index (χ0v) is 8.06. The SMILES string of the molecule is NC1(O)CCC(c2ncccn2)CC1. The van der Waals surface area contributed by atoms with Crippen LogP contribution in [0.4, 0.5) is 0 Å². The Kier molecular flexibility index (Phi) is 2.48. The van der Waals surface area contributed by atoms with Gasteiger partial charge >= 0.3 is 0 Å². The van der Waals surface area contributed by atoms with Crippen LogP contribution < -0.4 is 5.73 Å². The van der Waals surface area contributed by atoms with Gasteiger partial charge in [0.15, 0.2) is 0 Å². The van der Waals surface area contributed by atoms with Gasteiger partial charge in [-0.25, -0.2) is 9.97 Å². The summed E-state index contributed by atoms with van der Waals surface area (Å²) in [4.78, 5) is 8.43. The van der Waals surface area contributed by atoms with Crippen molar-refractivity contribution in [2.75, 3.05) is 0 Å². The summed E-state index contributed by atoms with van der Waals surface area (Å²) in [5.74, 6) is 1.24. The molecule has 4 heteroatoms. The normalized spacial score (nSPS) is 32.9. The van der Waals surface area contributed by atoms with Crippen LogP contribution in [0.5, 0.6) is 0 Å². The van der Waals surface area contributed by atoms with Crippen LogP contribution in [0.15, 0.2) is 18.5 Å². The minimum atomic E-state index is -0.967. The van der Waals surface area contributed by atoms with Crippen LogP contribution >= 0.6 is 0 Å². The van der Waals surface area contributed by atoms with E-state index in [1.165, 1.54) is 0 Å². The highest BCUT2D eigenvalue weighted by Crippen LogP contribution is 2.33. The minimum Gasteiger partial charge on any atom is -0.376 e. The Morgan fingerprint density at radius 3 is 2.43 bits per heavy atom. The third-order valence-corrected chi connectivity index (χ3v) is 2.80. The Morgan fingerprint density at radius 1 is 1.29 bits per heavy atom. The van der Waals surface area contributed by atoms with E-state index in [0.29, 0.717) is 18.8 Å². The van der Waals surface area contributed by atoms with Crippen molar-refractivity contribution >= 4 is 0 Å². The highest BCUT2D eigenvalue weighted by molar-refractivity contribution is 5.00. The lowest BCUT2D eigenvalue weighted by Crippen LogP contribution is -2.42. The number of hydrogen-bond acceptors (Lipinski definition) is 4. The molecule has 1 heterocycles. The Labute approximate surface area is 83.2 Å². The fourth-order valence-corrected chi connectivity index (χ4v) is 1.90. The van der Waals surface area contributed by atoms with Gasteiger partial charge in [-0.05, 0) is 31.7 Å². The summed E-state index contributed by atoms with van der Waals surface area (Å²) in [7, 11) is 0. The molecule has 0 spiro atoms. The lowest BCUT2D eigenvalue weighted by Gasteiger charge is -2.31. The number of rotatable bonds is 1. The second-order valence-corrected chi connectivity index (χ2v) is 3.98. The molecule has 1 aliphatic carbocycles. The van der Waals surface area contributed by atoms with Gasteiger partial charge in [-0.2, -0.15) is 0 Å². The molecular formula is C10H15N3O. The number of nitrogens with two attached hydrogens (primary N) is 1. The maximum Gasteiger partial charge on any atom is 0.131 e. The molecular weight excluding hydrogens is 178 g/mol. The quantitative estimate of drug-likeness (QED) is 0.646. The summed E-state index contributed by atoms with van der Waals surface area (Å²) >= 11 is 0. The van der Waals surface area contributed by atoms with Gasteiger partial charge in [0, 0.05) is 18.3 Å². The fourth-order valence-electron chi connectivity index (χ4n) is 1.90. The van der Waals surface area contributed by atoms with Crippen molar-refractivity contribution in [2.45, 2.75) is 37.3 Å². The Balaban J connectivity index is 2.03. The first-order chi connectivity index (χ1) is 6.67. The van der Waals surface area contributed by atoms with Gasteiger partial charge in [-0.3, -0.25) is 0 Å². The van der Waals surface area contributed by atoms with E-state index < -0.39 is 5.72 Å². The van der Waals surface area contributed by atoms with Crippen molar-refractivity contribution < 1.29 is 5.11 Å². The van der Waals surface area contributed by atoms with Crippen LogP contribution in [0.2, 0.25) is 0 Å². The fraction of sp³-hybridized carbons (Fsp3) is 0.600. The molecule has 0 unspecified atom stereocenters. The maximum atomic E-state index is 9.58. The third-order valence-electron chi connectivity index (χ3n) is 2.80. The van der Waals surface area contributed by atoms with Crippen LogP contribution in [0, 0.1) is 0 Å². The zero-order valence-electron chi connectivity index (χ0n) is 8.06. The molecule has 0 aliphatic heterocycles. The molecule has 1 aliphatic rings. The highest BCUT2D eigenvalue weighted by Gasteiger charge is 2.30. The summed E-state index contributed by atoms with van der Waals surface area (Å²) in [6.07, 6.45) is 6.52. The summed E-state index contributed by atoms with van der Waals surface area (Å²) in [6.45, 7) is 0.